The highest BCUT2D eigenvalue weighted by molar-refractivity contribution is 9.10. The Kier molecular flexibility index (Phi) is 5.02. The second-order valence-corrected chi connectivity index (χ2v) is 6.88. The molecule has 1 saturated carbocycles. The van der Waals surface area contributed by atoms with Crippen LogP contribution >= 0.6 is 15.9 Å². The number of benzene rings is 1. The van der Waals surface area contributed by atoms with Crippen LogP contribution in [0, 0.1) is 17.2 Å². The molecule has 3 heteroatoms. The first kappa shape index (κ1) is 15.0. The molecule has 0 bridgehead atoms. The molecule has 0 atom stereocenters. The van der Waals surface area contributed by atoms with Crippen molar-refractivity contribution in [2.75, 3.05) is 6.54 Å². The summed E-state index contributed by atoms with van der Waals surface area (Å²) in [5.41, 5.74) is 6.93. The van der Waals surface area contributed by atoms with Crippen LogP contribution in [-0.4, -0.2) is 6.54 Å². The summed E-state index contributed by atoms with van der Waals surface area (Å²) in [7, 11) is 0. The third-order valence-electron chi connectivity index (χ3n) is 4.75. The van der Waals surface area contributed by atoms with Gasteiger partial charge in [-0.05, 0) is 73.7 Å². The van der Waals surface area contributed by atoms with Crippen molar-refractivity contribution >= 4 is 15.9 Å². The fourth-order valence-electron chi connectivity index (χ4n) is 3.23. The Bertz CT molecular complexity index is 425. The van der Waals surface area contributed by atoms with Gasteiger partial charge in [-0.1, -0.05) is 29.3 Å². The summed E-state index contributed by atoms with van der Waals surface area (Å²) in [5.74, 6) is 0.737. The van der Waals surface area contributed by atoms with E-state index in [9.17, 15) is 4.39 Å². The molecule has 1 fully saturated rings. The summed E-state index contributed by atoms with van der Waals surface area (Å²) in [6.45, 7) is 2.92. The second kappa shape index (κ2) is 6.36. The number of rotatable bonds is 4. The molecule has 0 saturated heterocycles. The summed E-state index contributed by atoms with van der Waals surface area (Å²) in [6, 6.07) is 5.20. The fraction of sp³-hybridized carbons (Fsp3) is 0.625. The Balaban J connectivity index is 2.13. The fourth-order valence-corrected chi connectivity index (χ4v) is 3.64. The highest BCUT2D eigenvalue weighted by Crippen LogP contribution is 2.42. The van der Waals surface area contributed by atoms with Crippen molar-refractivity contribution in [1.82, 2.24) is 0 Å². The molecule has 19 heavy (non-hydrogen) atoms. The Morgan fingerprint density at radius 3 is 2.63 bits per heavy atom. The molecule has 2 N–H and O–H groups in total. The molecule has 1 aliphatic carbocycles. The van der Waals surface area contributed by atoms with Crippen LogP contribution in [0.1, 0.15) is 44.6 Å². The molecule has 0 aliphatic heterocycles. The van der Waals surface area contributed by atoms with E-state index in [1.165, 1.54) is 19.3 Å². The molecule has 1 aromatic rings. The van der Waals surface area contributed by atoms with E-state index in [1.807, 2.05) is 6.07 Å². The Labute approximate surface area is 123 Å². The van der Waals surface area contributed by atoms with Crippen LogP contribution in [0.4, 0.5) is 4.39 Å². The quantitative estimate of drug-likeness (QED) is 0.853. The molecule has 1 aliphatic rings. The van der Waals surface area contributed by atoms with E-state index in [4.69, 9.17) is 5.73 Å². The van der Waals surface area contributed by atoms with Crippen LogP contribution in [0.15, 0.2) is 22.7 Å². The van der Waals surface area contributed by atoms with Crippen molar-refractivity contribution in [1.29, 1.82) is 0 Å². The Morgan fingerprint density at radius 2 is 2.05 bits per heavy atom. The molecule has 0 aromatic heterocycles. The summed E-state index contributed by atoms with van der Waals surface area (Å²) < 4.78 is 14.9. The summed E-state index contributed by atoms with van der Waals surface area (Å²) >= 11 is 3.42. The topological polar surface area (TPSA) is 26.0 Å². The maximum atomic E-state index is 13.9. The minimum atomic E-state index is -0.103. The molecule has 1 nitrogen and oxygen atoms in total. The summed E-state index contributed by atoms with van der Waals surface area (Å²) in [6.07, 6.45) is 6.77. The van der Waals surface area contributed by atoms with Gasteiger partial charge in [0.2, 0.25) is 0 Å². The number of hydrogen-bond acceptors (Lipinski definition) is 1. The molecule has 1 aromatic carbocycles. The van der Waals surface area contributed by atoms with Crippen LogP contribution in [0.25, 0.3) is 0 Å². The lowest BCUT2D eigenvalue weighted by Crippen LogP contribution is -2.37. The first-order valence-electron chi connectivity index (χ1n) is 7.22. The molecule has 2 rings (SSSR count). The van der Waals surface area contributed by atoms with Gasteiger partial charge in [0.15, 0.2) is 0 Å². The van der Waals surface area contributed by atoms with Gasteiger partial charge in [-0.15, -0.1) is 0 Å². The highest BCUT2D eigenvalue weighted by Gasteiger charge is 2.34. The molecule has 0 spiro atoms. The lowest BCUT2D eigenvalue weighted by atomic mass is 9.67. The van der Waals surface area contributed by atoms with E-state index in [0.29, 0.717) is 6.54 Å². The number of nitrogens with two attached hydrogens (primary N) is 1. The molecule has 0 heterocycles. The third-order valence-corrected chi connectivity index (χ3v) is 5.24. The average molecular weight is 328 g/mol. The van der Waals surface area contributed by atoms with E-state index in [0.717, 1.165) is 35.2 Å². The summed E-state index contributed by atoms with van der Waals surface area (Å²) in [4.78, 5) is 0. The van der Waals surface area contributed by atoms with Gasteiger partial charge in [-0.2, -0.15) is 0 Å². The standard InChI is InChI=1S/C16H23BrFN/c1-2-12-5-7-16(11-19,8-6-12)10-13-9-14(17)3-4-15(13)18/h3-4,9,12H,2,5-8,10-11,19H2,1H3. The minimum absolute atomic E-state index is 0.103. The van der Waals surface area contributed by atoms with Gasteiger partial charge >= 0.3 is 0 Å². The average Bonchev–Trinajstić information content (AvgIpc) is 2.44. The van der Waals surface area contributed by atoms with Gasteiger partial charge in [0.25, 0.3) is 0 Å². The van der Waals surface area contributed by atoms with Gasteiger partial charge in [-0.3, -0.25) is 0 Å². The zero-order valence-electron chi connectivity index (χ0n) is 11.6. The molecule has 0 amide bonds. The van der Waals surface area contributed by atoms with E-state index < -0.39 is 0 Å². The first-order chi connectivity index (χ1) is 9.08. The zero-order chi connectivity index (χ0) is 13.9. The van der Waals surface area contributed by atoms with Gasteiger partial charge in [-0.25, -0.2) is 4.39 Å². The van der Waals surface area contributed by atoms with E-state index in [1.54, 1.807) is 12.1 Å². The van der Waals surface area contributed by atoms with Gasteiger partial charge in [0.05, 0.1) is 0 Å². The zero-order valence-corrected chi connectivity index (χ0v) is 13.2. The van der Waals surface area contributed by atoms with Crippen molar-refractivity contribution < 1.29 is 4.39 Å². The lowest BCUT2D eigenvalue weighted by Gasteiger charge is -2.39. The van der Waals surface area contributed by atoms with Crippen LogP contribution in [0.3, 0.4) is 0 Å². The maximum absolute atomic E-state index is 13.9. The molecule has 106 valence electrons. The van der Waals surface area contributed by atoms with Crippen molar-refractivity contribution in [3.63, 3.8) is 0 Å². The molecule has 0 radical (unpaired) electrons. The second-order valence-electron chi connectivity index (χ2n) is 5.97. The van der Waals surface area contributed by atoms with E-state index in [-0.39, 0.29) is 11.2 Å². The monoisotopic (exact) mass is 327 g/mol. The van der Waals surface area contributed by atoms with Crippen molar-refractivity contribution in [3.8, 4) is 0 Å². The van der Waals surface area contributed by atoms with Crippen LogP contribution in [-0.2, 0) is 6.42 Å². The van der Waals surface area contributed by atoms with Crippen molar-refractivity contribution in [3.05, 3.63) is 34.1 Å². The van der Waals surface area contributed by atoms with Gasteiger partial charge < -0.3 is 5.73 Å². The Hall–Kier alpha value is -0.410. The third kappa shape index (κ3) is 3.57. The minimum Gasteiger partial charge on any atom is -0.330 e. The van der Waals surface area contributed by atoms with Crippen LogP contribution in [0.2, 0.25) is 0 Å². The van der Waals surface area contributed by atoms with Crippen molar-refractivity contribution in [2.45, 2.75) is 45.4 Å². The first-order valence-corrected chi connectivity index (χ1v) is 8.02. The molecular formula is C16H23BrFN. The van der Waals surface area contributed by atoms with E-state index >= 15 is 0 Å². The van der Waals surface area contributed by atoms with Crippen LogP contribution in [0.5, 0.6) is 0 Å². The number of hydrogen-bond donors (Lipinski definition) is 1. The SMILES string of the molecule is CCC1CCC(CN)(Cc2cc(Br)ccc2F)CC1. The maximum Gasteiger partial charge on any atom is 0.126 e. The van der Waals surface area contributed by atoms with Gasteiger partial charge in [0.1, 0.15) is 5.82 Å². The largest absolute Gasteiger partial charge is 0.330 e. The lowest BCUT2D eigenvalue weighted by molar-refractivity contribution is 0.152. The summed E-state index contributed by atoms with van der Waals surface area (Å²) in [5, 5.41) is 0. The van der Waals surface area contributed by atoms with Gasteiger partial charge in [0, 0.05) is 4.47 Å². The Morgan fingerprint density at radius 1 is 1.37 bits per heavy atom. The molecular weight excluding hydrogens is 305 g/mol. The smallest absolute Gasteiger partial charge is 0.126 e. The highest BCUT2D eigenvalue weighted by atomic mass is 79.9. The number of halogens is 2. The van der Waals surface area contributed by atoms with Crippen LogP contribution < -0.4 is 5.73 Å². The normalized spacial score (nSPS) is 27.5. The molecule has 0 unspecified atom stereocenters. The predicted octanol–water partition coefficient (Wildman–Crippen LogP) is 4.68. The van der Waals surface area contributed by atoms with E-state index in [2.05, 4.69) is 22.9 Å². The predicted molar refractivity (Wildman–Crippen MR) is 81.5 cm³/mol. The van der Waals surface area contributed by atoms with Crippen molar-refractivity contribution in [2.24, 2.45) is 17.1 Å².